The molecule has 1 fully saturated rings. The number of halogens is 3. The first kappa shape index (κ1) is 15.8. The Bertz CT molecular complexity index is 493. The van der Waals surface area contributed by atoms with E-state index < -0.39 is 24.0 Å². The first-order valence-corrected chi connectivity index (χ1v) is 6.92. The number of rotatable bonds is 5. The molecule has 118 valence electrons. The topological polar surface area (TPSA) is 76.2 Å². The Morgan fingerprint density at radius 2 is 1.95 bits per heavy atom. The lowest BCUT2D eigenvalue weighted by Gasteiger charge is -2.31. The van der Waals surface area contributed by atoms with Gasteiger partial charge in [0.1, 0.15) is 0 Å². The van der Waals surface area contributed by atoms with Gasteiger partial charge in [0.25, 0.3) is 0 Å². The SMILES string of the molecule is O=C(O)C1(Cc2nc(CCC(F)(F)F)no2)CCCCC1. The van der Waals surface area contributed by atoms with E-state index in [-0.39, 0.29) is 24.6 Å². The Morgan fingerprint density at radius 1 is 1.29 bits per heavy atom. The molecule has 1 saturated carbocycles. The summed E-state index contributed by atoms with van der Waals surface area (Å²) in [6.07, 6.45) is -1.86. The number of hydrogen-bond acceptors (Lipinski definition) is 4. The second-order valence-corrected chi connectivity index (χ2v) is 5.54. The minimum Gasteiger partial charge on any atom is -0.481 e. The van der Waals surface area contributed by atoms with Crippen molar-refractivity contribution in [2.24, 2.45) is 5.41 Å². The van der Waals surface area contributed by atoms with E-state index in [2.05, 4.69) is 10.1 Å². The lowest BCUT2D eigenvalue weighted by Crippen LogP contribution is -2.35. The van der Waals surface area contributed by atoms with Gasteiger partial charge < -0.3 is 9.63 Å². The molecule has 0 atom stereocenters. The van der Waals surface area contributed by atoms with Gasteiger partial charge in [-0.25, -0.2) is 0 Å². The summed E-state index contributed by atoms with van der Waals surface area (Å²) in [5.41, 5.74) is -0.925. The van der Waals surface area contributed by atoms with Gasteiger partial charge in [0.05, 0.1) is 11.8 Å². The summed E-state index contributed by atoms with van der Waals surface area (Å²) in [6, 6.07) is 0. The van der Waals surface area contributed by atoms with E-state index in [0.717, 1.165) is 19.3 Å². The van der Waals surface area contributed by atoms with Crippen LogP contribution in [0.5, 0.6) is 0 Å². The molecule has 0 unspecified atom stereocenters. The fourth-order valence-corrected chi connectivity index (χ4v) is 2.70. The summed E-state index contributed by atoms with van der Waals surface area (Å²) in [5, 5.41) is 12.9. The molecule has 1 aliphatic rings. The number of carboxylic acids is 1. The summed E-state index contributed by atoms with van der Waals surface area (Å²) in [7, 11) is 0. The third-order valence-corrected chi connectivity index (χ3v) is 3.90. The van der Waals surface area contributed by atoms with E-state index >= 15 is 0 Å². The molecule has 8 heteroatoms. The number of aliphatic carboxylic acids is 1. The van der Waals surface area contributed by atoms with E-state index in [1.807, 2.05) is 0 Å². The molecule has 0 amide bonds. The van der Waals surface area contributed by atoms with Gasteiger partial charge in [-0.2, -0.15) is 18.2 Å². The third kappa shape index (κ3) is 4.18. The number of carboxylic acid groups (broad SMARTS) is 1. The van der Waals surface area contributed by atoms with Crippen LogP contribution in [0, 0.1) is 5.41 Å². The van der Waals surface area contributed by atoms with Crippen LogP contribution in [0.1, 0.15) is 50.2 Å². The standard InChI is InChI=1S/C13H17F3N2O3/c14-13(15,16)7-4-9-17-10(21-18-9)8-12(11(19)20)5-2-1-3-6-12/h1-8H2,(H,19,20). The predicted octanol–water partition coefficient (Wildman–Crippen LogP) is 3.14. The Kier molecular flexibility index (Phi) is 4.53. The molecule has 1 heterocycles. The van der Waals surface area contributed by atoms with Crippen LogP contribution < -0.4 is 0 Å². The molecule has 1 N–H and O–H groups in total. The van der Waals surface area contributed by atoms with Crippen molar-refractivity contribution in [2.45, 2.75) is 57.5 Å². The zero-order chi connectivity index (χ0) is 15.5. The average Bonchev–Trinajstić information content (AvgIpc) is 2.84. The maximum absolute atomic E-state index is 12.1. The summed E-state index contributed by atoms with van der Waals surface area (Å²) in [6.45, 7) is 0. The Labute approximate surface area is 119 Å². The van der Waals surface area contributed by atoms with Gasteiger partial charge in [-0.3, -0.25) is 4.79 Å². The Hall–Kier alpha value is -1.60. The largest absolute Gasteiger partial charge is 0.481 e. The van der Waals surface area contributed by atoms with Gasteiger partial charge in [-0.05, 0) is 12.8 Å². The van der Waals surface area contributed by atoms with E-state index in [4.69, 9.17) is 4.52 Å². The molecule has 1 aromatic rings. The predicted molar refractivity (Wildman–Crippen MR) is 65.5 cm³/mol. The second kappa shape index (κ2) is 6.03. The first-order chi connectivity index (χ1) is 9.81. The van der Waals surface area contributed by atoms with Crippen molar-refractivity contribution in [3.8, 4) is 0 Å². The summed E-state index contributed by atoms with van der Waals surface area (Å²) < 4.78 is 41.3. The molecule has 0 aromatic carbocycles. The average molecular weight is 306 g/mol. The van der Waals surface area contributed by atoms with Crippen LogP contribution >= 0.6 is 0 Å². The van der Waals surface area contributed by atoms with E-state index in [1.54, 1.807) is 0 Å². The van der Waals surface area contributed by atoms with Crippen molar-refractivity contribution >= 4 is 5.97 Å². The van der Waals surface area contributed by atoms with Crippen LogP contribution in [0.25, 0.3) is 0 Å². The van der Waals surface area contributed by atoms with Crippen LogP contribution in [-0.2, 0) is 17.6 Å². The molecule has 0 spiro atoms. The minimum atomic E-state index is -4.27. The highest BCUT2D eigenvalue weighted by atomic mass is 19.4. The molecular weight excluding hydrogens is 289 g/mol. The molecule has 21 heavy (non-hydrogen) atoms. The van der Waals surface area contributed by atoms with Gasteiger partial charge in [0, 0.05) is 12.8 Å². The molecule has 0 aliphatic heterocycles. The van der Waals surface area contributed by atoms with Crippen molar-refractivity contribution in [1.29, 1.82) is 0 Å². The molecule has 1 aliphatic carbocycles. The number of carbonyl (C=O) groups is 1. The van der Waals surface area contributed by atoms with Crippen molar-refractivity contribution in [2.75, 3.05) is 0 Å². The first-order valence-electron chi connectivity index (χ1n) is 6.92. The Balaban J connectivity index is 2.02. The number of nitrogens with zero attached hydrogens (tertiary/aromatic N) is 2. The van der Waals surface area contributed by atoms with Crippen LogP contribution in [-0.4, -0.2) is 27.4 Å². The maximum Gasteiger partial charge on any atom is 0.389 e. The van der Waals surface area contributed by atoms with Gasteiger partial charge in [-0.15, -0.1) is 0 Å². The minimum absolute atomic E-state index is 0.0290. The smallest absolute Gasteiger partial charge is 0.389 e. The molecule has 1 aromatic heterocycles. The quantitative estimate of drug-likeness (QED) is 0.904. The second-order valence-electron chi connectivity index (χ2n) is 5.54. The van der Waals surface area contributed by atoms with Crippen molar-refractivity contribution in [3.05, 3.63) is 11.7 Å². The van der Waals surface area contributed by atoms with Crippen LogP contribution in [0.15, 0.2) is 4.52 Å². The normalized spacial score (nSPS) is 18.6. The molecular formula is C13H17F3N2O3. The molecule has 5 nitrogen and oxygen atoms in total. The lowest BCUT2D eigenvalue weighted by molar-refractivity contribution is -0.151. The number of aryl methyl sites for hydroxylation is 1. The zero-order valence-corrected chi connectivity index (χ0v) is 11.4. The third-order valence-electron chi connectivity index (χ3n) is 3.90. The highest BCUT2D eigenvalue weighted by Gasteiger charge is 2.41. The molecule has 2 rings (SSSR count). The van der Waals surface area contributed by atoms with Crippen molar-refractivity contribution in [1.82, 2.24) is 10.1 Å². The zero-order valence-electron chi connectivity index (χ0n) is 11.4. The van der Waals surface area contributed by atoms with E-state index in [0.29, 0.717) is 12.8 Å². The summed E-state index contributed by atoms with van der Waals surface area (Å²) >= 11 is 0. The fraction of sp³-hybridized carbons (Fsp3) is 0.769. The lowest BCUT2D eigenvalue weighted by atomic mass is 9.72. The maximum atomic E-state index is 12.1. The summed E-state index contributed by atoms with van der Waals surface area (Å²) in [4.78, 5) is 15.4. The van der Waals surface area contributed by atoms with Crippen LogP contribution in [0.3, 0.4) is 0 Å². The van der Waals surface area contributed by atoms with E-state index in [9.17, 15) is 23.1 Å². The van der Waals surface area contributed by atoms with Gasteiger partial charge in [-0.1, -0.05) is 24.4 Å². The highest BCUT2D eigenvalue weighted by molar-refractivity contribution is 5.75. The van der Waals surface area contributed by atoms with Crippen LogP contribution in [0.2, 0.25) is 0 Å². The van der Waals surface area contributed by atoms with Crippen molar-refractivity contribution in [3.63, 3.8) is 0 Å². The van der Waals surface area contributed by atoms with Gasteiger partial charge in [0.2, 0.25) is 5.89 Å². The molecule has 0 bridgehead atoms. The van der Waals surface area contributed by atoms with Gasteiger partial charge in [0.15, 0.2) is 5.82 Å². The van der Waals surface area contributed by atoms with Crippen molar-refractivity contribution < 1.29 is 27.6 Å². The van der Waals surface area contributed by atoms with Gasteiger partial charge >= 0.3 is 12.1 Å². The van der Waals surface area contributed by atoms with Crippen LogP contribution in [0.4, 0.5) is 13.2 Å². The monoisotopic (exact) mass is 306 g/mol. The number of alkyl halides is 3. The Morgan fingerprint density at radius 3 is 2.52 bits per heavy atom. The molecule has 0 saturated heterocycles. The fourth-order valence-electron chi connectivity index (χ4n) is 2.70. The summed E-state index contributed by atoms with van der Waals surface area (Å²) in [5.74, 6) is -0.826. The highest BCUT2D eigenvalue weighted by Crippen LogP contribution is 2.39. The molecule has 0 radical (unpaired) electrons. The van der Waals surface area contributed by atoms with E-state index in [1.165, 1.54) is 0 Å². The number of aromatic nitrogens is 2. The number of hydrogen-bond donors (Lipinski definition) is 1.